The molecule has 0 bridgehead atoms. The van der Waals surface area contributed by atoms with E-state index in [0.29, 0.717) is 5.75 Å². The van der Waals surface area contributed by atoms with E-state index in [1.165, 1.54) is 177 Å². The van der Waals surface area contributed by atoms with E-state index in [0.717, 1.165) is 43.4 Å². The van der Waals surface area contributed by atoms with Crippen LogP contribution >= 0.6 is 47.8 Å². The molecule has 1 heterocycles. The molecule has 1 aromatic rings. The van der Waals surface area contributed by atoms with E-state index in [1.807, 2.05) is 0 Å². The fourth-order valence-electron chi connectivity index (χ4n) is 7.93. The molecular formula is C49H96N4OS4+2. The number of phenols is 1. The molecule has 9 heteroatoms. The number of nitrogens with one attached hydrogen (secondary N) is 1. The van der Waals surface area contributed by atoms with Gasteiger partial charge in [-0.05, 0) is 48.6 Å². The number of aromatic hydroxyl groups is 1. The maximum atomic E-state index is 11.6. The molecule has 2 rings (SSSR count). The van der Waals surface area contributed by atoms with Crippen molar-refractivity contribution in [1.29, 1.82) is 0 Å². The summed E-state index contributed by atoms with van der Waals surface area (Å²) in [5, 5.41) is 14.3. The number of unbranched alkanes of at least 4 members (excludes halogenated alkanes) is 20. The van der Waals surface area contributed by atoms with E-state index in [4.69, 9.17) is 0 Å². The number of hydrogen-bond donors (Lipinski definition) is 2. The summed E-state index contributed by atoms with van der Waals surface area (Å²) in [7, 11) is 0. The van der Waals surface area contributed by atoms with Crippen molar-refractivity contribution in [3.63, 3.8) is 0 Å². The molecule has 340 valence electrons. The number of rotatable bonds is 34. The van der Waals surface area contributed by atoms with Crippen molar-refractivity contribution < 1.29 is 11.7 Å². The number of anilines is 1. The molecule has 58 heavy (non-hydrogen) atoms. The van der Waals surface area contributed by atoms with Crippen LogP contribution in [0.15, 0.2) is 12.1 Å². The summed E-state index contributed by atoms with van der Waals surface area (Å²) in [6.07, 6.45) is 32.5. The number of hydrazine groups is 1. The second kappa shape index (κ2) is 30.2. The first kappa shape index (κ1) is 54.2. The highest BCUT2D eigenvalue weighted by atomic mass is 32.2. The van der Waals surface area contributed by atoms with Gasteiger partial charge in [-0.1, -0.05) is 198 Å². The second-order valence-corrected chi connectivity index (χ2v) is 25.5. The molecule has 0 aliphatic carbocycles. The van der Waals surface area contributed by atoms with Gasteiger partial charge in [0.15, 0.2) is 13.3 Å². The molecule has 0 aromatic heterocycles. The predicted molar refractivity (Wildman–Crippen MR) is 269 cm³/mol. The summed E-state index contributed by atoms with van der Waals surface area (Å²) >= 11 is 9.03. The second-order valence-electron chi connectivity index (χ2n) is 19.5. The van der Waals surface area contributed by atoms with Gasteiger partial charge in [-0.15, -0.1) is 11.6 Å². The highest BCUT2D eigenvalue weighted by Crippen LogP contribution is 2.49. The monoisotopic (exact) mass is 885 g/mol. The van der Waals surface area contributed by atoms with Crippen LogP contribution in [0.3, 0.4) is 0 Å². The van der Waals surface area contributed by atoms with Gasteiger partial charge in [0.2, 0.25) is 0 Å². The van der Waals surface area contributed by atoms with Gasteiger partial charge in [0, 0.05) is 34.1 Å². The van der Waals surface area contributed by atoms with Crippen LogP contribution in [-0.4, -0.2) is 59.7 Å². The van der Waals surface area contributed by atoms with Gasteiger partial charge in [-0.2, -0.15) is 0 Å². The normalized spacial score (nSPS) is 16.0. The summed E-state index contributed by atoms with van der Waals surface area (Å²) in [5.74, 6) is 5.39. The summed E-state index contributed by atoms with van der Waals surface area (Å²) in [6, 6.07) is 4.50. The van der Waals surface area contributed by atoms with Crippen molar-refractivity contribution in [1.82, 2.24) is 5.01 Å². The molecule has 1 aromatic carbocycles. The first-order valence-electron chi connectivity index (χ1n) is 24.5. The minimum atomic E-state index is -0.163. The van der Waals surface area contributed by atoms with Crippen LogP contribution in [0.1, 0.15) is 234 Å². The highest BCUT2D eigenvalue weighted by molar-refractivity contribution is 8.07. The zero-order chi connectivity index (χ0) is 42.8. The Bertz CT molecular complexity index is 1070. The van der Waals surface area contributed by atoms with E-state index >= 15 is 0 Å². The van der Waals surface area contributed by atoms with Crippen LogP contribution in [-0.2, 0) is 10.8 Å². The van der Waals surface area contributed by atoms with Crippen LogP contribution in [0.25, 0.3) is 0 Å². The van der Waals surface area contributed by atoms with E-state index in [9.17, 15) is 5.11 Å². The van der Waals surface area contributed by atoms with Crippen LogP contribution in [0.4, 0.5) is 5.69 Å². The summed E-state index contributed by atoms with van der Waals surface area (Å²) in [4.78, 5) is 0. The minimum Gasteiger partial charge on any atom is -0.507 e. The lowest BCUT2D eigenvalue weighted by Gasteiger charge is -2.48. The van der Waals surface area contributed by atoms with Gasteiger partial charge in [-0.25, -0.2) is 0 Å². The molecular weight excluding hydrogens is 789 g/mol. The number of benzene rings is 1. The van der Waals surface area contributed by atoms with Crippen molar-refractivity contribution in [3.05, 3.63) is 23.3 Å². The molecule has 0 saturated carbocycles. The zero-order valence-corrected chi connectivity index (χ0v) is 43.3. The van der Waals surface area contributed by atoms with Crippen LogP contribution in [0.5, 0.6) is 5.75 Å². The Morgan fingerprint density at radius 1 is 0.483 bits per heavy atom. The molecule has 0 spiro atoms. The molecule has 1 saturated heterocycles. The highest BCUT2D eigenvalue weighted by Gasteiger charge is 2.52. The lowest BCUT2D eigenvalue weighted by molar-refractivity contribution is -0.886. The smallest absolute Gasteiger partial charge is 0.252 e. The summed E-state index contributed by atoms with van der Waals surface area (Å²) in [5.41, 5.74) is 6.94. The van der Waals surface area contributed by atoms with Gasteiger partial charge in [-0.3, -0.25) is 0 Å². The Labute approximate surface area is 379 Å². The third-order valence-corrected chi connectivity index (χ3v) is 17.5. The van der Waals surface area contributed by atoms with Gasteiger partial charge in [0.25, 0.3) is 6.67 Å². The fraction of sp³-hybridized carbons (Fsp3) is 0.878. The zero-order valence-electron chi connectivity index (χ0n) is 40.0. The quantitative estimate of drug-likeness (QED) is 0.0309. The summed E-state index contributed by atoms with van der Waals surface area (Å²) in [6.45, 7) is 25.8. The number of hydrogen-bond acceptors (Lipinski definition) is 7. The largest absolute Gasteiger partial charge is 0.507 e. The predicted octanol–water partition coefficient (Wildman–Crippen LogP) is 17.2. The van der Waals surface area contributed by atoms with E-state index < -0.39 is 0 Å². The van der Waals surface area contributed by atoms with Crippen molar-refractivity contribution in [2.24, 2.45) is 0 Å². The molecule has 1 aliphatic heterocycles. The van der Waals surface area contributed by atoms with E-state index in [2.05, 4.69) is 140 Å². The van der Waals surface area contributed by atoms with Crippen molar-refractivity contribution in [2.75, 3.05) is 48.4 Å². The van der Waals surface area contributed by atoms with E-state index in [-0.39, 0.29) is 10.8 Å². The number of nitrogens with zero attached hydrogens (tertiary/aromatic N) is 3. The van der Waals surface area contributed by atoms with E-state index in [1.54, 1.807) is 0 Å². The lowest BCUT2D eigenvalue weighted by atomic mass is 9.79. The Hall–Kier alpha value is 0.1000. The number of quaternary nitrogens is 2. The first-order chi connectivity index (χ1) is 27.7. The van der Waals surface area contributed by atoms with Crippen molar-refractivity contribution >= 4 is 53.5 Å². The van der Waals surface area contributed by atoms with Crippen LogP contribution in [0.2, 0.25) is 0 Å². The Morgan fingerprint density at radius 2 is 0.759 bits per heavy atom. The maximum absolute atomic E-state index is 11.6. The van der Waals surface area contributed by atoms with Gasteiger partial charge in [0.05, 0.1) is 53.5 Å². The van der Waals surface area contributed by atoms with Gasteiger partial charge in [0.1, 0.15) is 5.75 Å². The molecule has 0 atom stereocenters. The van der Waals surface area contributed by atoms with Crippen LogP contribution in [0, 0.1) is 0 Å². The molecule has 2 N–H and O–H groups in total. The Morgan fingerprint density at radius 3 is 1.03 bits per heavy atom. The summed E-state index contributed by atoms with van der Waals surface area (Å²) < 4.78 is 2.06. The molecule has 1 fully saturated rings. The van der Waals surface area contributed by atoms with Crippen LogP contribution < -0.4 is 5.43 Å². The van der Waals surface area contributed by atoms with Gasteiger partial charge < -0.3 is 10.5 Å². The third-order valence-electron chi connectivity index (χ3n) is 11.5. The third kappa shape index (κ3) is 21.9. The minimum absolute atomic E-state index is 0.163. The van der Waals surface area contributed by atoms with Gasteiger partial charge >= 0.3 is 0 Å². The molecule has 1 aliphatic rings. The van der Waals surface area contributed by atoms with Crippen molar-refractivity contribution in [2.45, 2.75) is 234 Å². The first-order valence-corrected chi connectivity index (χ1v) is 28.2. The molecule has 0 amide bonds. The standard InChI is InChI=1S/C49H95N4OS4/c1-11-15-19-23-27-31-35-55-52(56-36-32-28-24-20-16-12-2)41-51(50-44-39-45(48(5,6)7)47(54)46(40-44)49(8,9)10)42-53(43-52,57-37-33-29-25-21-17-13-3)58-38-34-30-26-22-18-14-4/h39-40,50H,11-38,41-43H2,1-10H3/q+1/p+1. The topological polar surface area (TPSA) is 35.5 Å². The molecule has 5 nitrogen and oxygen atoms in total. The molecule has 0 unspecified atom stereocenters. The fourth-order valence-corrected chi connectivity index (χ4v) is 14.4. The SMILES string of the molecule is CCCCCCCCS[N+]1(SCCCCCCCC)CN(Nc2cc(C(C)(C)C)c(O)c(C(C)(C)C)c2)C[N+](SCCCCCCCC)(SCCCCCCCC)C1. The lowest BCUT2D eigenvalue weighted by Crippen LogP contribution is -2.64. The van der Waals surface area contributed by atoms with Crippen molar-refractivity contribution in [3.8, 4) is 5.75 Å². The Kier molecular flexibility index (Phi) is 28.3. The molecule has 0 radical (unpaired) electrons. The average molecular weight is 886 g/mol. The maximum Gasteiger partial charge on any atom is 0.252 e. The Balaban J connectivity index is 2.54. The number of phenolic OH excluding ortho intramolecular Hbond substituents is 1. The average Bonchev–Trinajstić information content (AvgIpc) is 3.16.